The highest BCUT2D eigenvalue weighted by molar-refractivity contribution is 9.10. The highest BCUT2D eigenvalue weighted by atomic mass is 79.9. The summed E-state index contributed by atoms with van der Waals surface area (Å²) in [6.45, 7) is 0. The molecule has 17 heavy (non-hydrogen) atoms. The topological polar surface area (TPSA) is 72.2 Å². The molecule has 1 N–H and O–H groups in total. The van der Waals surface area contributed by atoms with Gasteiger partial charge in [0, 0.05) is 10.0 Å². The second-order valence-electron chi connectivity index (χ2n) is 3.43. The van der Waals surface area contributed by atoms with Gasteiger partial charge >= 0.3 is 0 Å². The quantitative estimate of drug-likeness (QED) is 0.859. The largest absolute Gasteiger partial charge is 0.320 e. The van der Waals surface area contributed by atoms with Crippen molar-refractivity contribution in [2.24, 2.45) is 5.10 Å². The van der Waals surface area contributed by atoms with E-state index in [9.17, 15) is 4.79 Å². The summed E-state index contributed by atoms with van der Waals surface area (Å²) < 4.78 is 2.29. The van der Waals surface area contributed by atoms with Crippen molar-refractivity contribution in [2.45, 2.75) is 0 Å². The molecule has 0 saturated carbocycles. The molecule has 0 spiro atoms. The van der Waals surface area contributed by atoms with Gasteiger partial charge in [-0.15, -0.1) is 10.2 Å². The van der Waals surface area contributed by atoms with E-state index in [4.69, 9.17) is 0 Å². The van der Waals surface area contributed by atoms with Gasteiger partial charge < -0.3 is 5.32 Å². The fourth-order valence-corrected chi connectivity index (χ4v) is 1.95. The summed E-state index contributed by atoms with van der Waals surface area (Å²) >= 11 is 3.36. The summed E-state index contributed by atoms with van der Waals surface area (Å²) in [5.74, 6) is -0.230. The number of carbonyl (C=O) groups is 1. The van der Waals surface area contributed by atoms with Crippen LogP contribution in [0.25, 0.3) is 0 Å². The molecule has 0 fully saturated rings. The van der Waals surface area contributed by atoms with Gasteiger partial charge in [0.25, 0.3) is 5.91 Å². The van der Waals surface area contributed by atoms with Crippen LogP contribution in [-0.4, -0.2) is 26.5 Å². The number of hydrogen-bond donors (Lipinski definition) is 1. The van der Waals surface area contributed by atoms with Crippen LogP contribution in [0.15, 0.2) is 40.4 Å². The zero-order chi connectivity index (χ0) is 11.8. The van der Waals surface area contributed by atoms with Crippen LogP contribution >= 0.6 is 15.9 Å². The Bertz CT molecular complexity index is 620. The average Bonchev–Trinajstić information content (AvgIpc) is 2.90. The smallest absolute Gasteiger partial charge is 0.276 e. The molecule has 3 rings (SSSR count). The Labute approximate surface area is 104 Å². The van der Waals surface area contributed by atoms with Crippen molar-refractivity contribution in [2.75, 3.05) is 5.32 Å². The van der Waals surface area contributed by atoms with Crippen molar-refractivity contribution in [3.8, 4) is 0 Å². The number of anilines is 1. The third-order valence-electron chi connectivity index (χ3n) is 2.32. The minimum atomic E-state index is -0.230. The molecule has 1 aromatic carbocycles. The Morgan fingerprint density at radius 3 is 2.82 bits per heavy atom. The molecular weight excluding hydrogens is 286 g/mol. The second-order valence-corrected chi connectivity index (χ2v) is 4.35. The molecule has 0 aliphatic carbocycles. The van der Waals surface area contributed by atoms with Crippen molar-refractivity contribution in [1.82, 2.24) is 14.9 Å². The molecule has 0 unspecified atom stereocenters. The predicted molar refractivity (Wildman–Crippen MR) is 64.7 cm³/mol. The van der Waals surface area contributed by atoms with Crippen molar-refractivity contribution in [3.63, 3.8) is 0 Å². The number of aromatic nitrogens is 3. The normalized spacial score (nSPS) is 16.1. The molecule has 6 nitrogen and oxygen atoms in total. The predicted octanol–water partition coefficient (Wildman–Crippen LogP) is 1.25. The van der Waals surface area contributed by atoms with Crippen molar-refractivity contribution in [1.29, 1.82) is 0 Å². The van der Waals surface area contributed by atoms with Crippen molar-refractivity contribution >= 4 is 33.2 Å². The van der Waals surface area contributed by atoms with Crippen LogP contribution in [0.4, 0.5) is 5.69 Å². The lowest BCUT2D eigenvalue weighted by atomic mass is 10.1. The number of amides is 1. The lowest BCUT2D eigenvalue weighted by Gasteiger charge is -1.98. The fourth-order valence-electron chi connectivity index (χ4n) is 1.59. The first-order valence-electron chi connectivity index (χ1n) is 4.79. The molecule has 2 heterocycles. The minimum absolute atomic E-state index is 0.230. The summed E-state index contributed by atoms with van der Waals surface area (Å²) in [6, 6.07) is 5.53. The van der Waals surface area contributed by atoms with Gasteiger partial charge in [0.2, 0.25) is 0 Å². The van der Waals surface area contributed by atoms with E-state index >= 15 is 0 Å². The van der Waals surface area contributed by atoms with E-state index in [0.29, 0.717) is 5.71 Å². The van der Waals surface area contributed by atoms with Crippen LogP contribution in [0.3, 0.4) is 0 Å². The first kappa shape index (κ1) is 10.2. The van der Waals surface area contributed by atoms with E-state index < -0.39 is 0 Å². The van der Waals surface area contributed by atoms with Gasteiger partial charge in [0.15, 0.2) is 5.71 Å². The number of hydrogen-bond acceptors (Lipinski definition) is 4. The van der Waals surface area contributed by atoms with Crippen LogP contribution in [0, 0.1) is 0 Å². The second kappa shape index (κ2) is 3.77. The van der Waals surface area contributed by atoms with E-state index in [1.54, 1.807) is 0 Å². The van der Waals surface area contributed by atoms with E-state index in [1.807, 2.05) is 18.2 Å². The number of carbonyl (C=O) groups excluding carboxylic acids is 1. The summed E-state index contributed by atoms with van der Waals surface area (Å²) in [7, 11) is 0. The van der Waals surface area contributed by atoms with Gasteiger partial charge in [0.05, 0.1) is 5.69 Å². The van der Waals surface area contributed by atoms with Gasteiger partial charge in [-0.1, -0.05) is 15.9 Å². The summed E-state index contributed by atoms with van der Waals surface area (Å²) in [6.07, 6.45) is 2.85. The molecule has 1 aromatic heterocycles. The number of nitrogens with zero attached hydrogens (tertiary/aromatic N) is 4. The van der Waals surface area contributed by atoms with E-state index in [-0.39, 0.29) is 5.91 Å². The highest BCUT2D eigenvalue weighted by Crippen LogP contribution is 2.26. The van der Waals surface area contributed by atoms with Crippen LogP contribution in [-0.2, 0) is 4.79 Å². The number of halogens is 1. The summed E-state index contributed by atoms with van der Waals surface area (Å²) in [5, 5.41) is 14.2. The summed E-state index contributed by atoms with van der Waals surface area (Å²) in [5.41, 5.74) is 1.86. The fraction of sp³-hybridized carbons (Fsp3) is 0. The first-order valence-corrected chi connectivity index (χ1v) is 5.58. The zero-order valence-electron chi connectivity index (χ0n) is 8.46. The number of rotatable bonds is 1. The standard InChI is InChI=1S/C10H6BrN5O/c11-6-1-2-8-7(3-6)9(10(17)14-8)15-16-4-12-13-5-16/h1-5H,(H,14,15,17). The molecule has 2 aromatic rings. The Balaban J connectivity index is 2.13. The lowest BCUT2D eigenvalue weighted by Crippen LogP contribution is -2.15. The minimum Gasteiger partial charge on any atom is -0.320 e. The van der Waals surface area contributed by atoms with Gasteiger partial charge in [-0.2, -0.15) is 5.10 Å². The Hall–Kier alpha value is -2.02. The highest BCUT2D eigenvalue weighted by Gasteiger charge is 2.26. The maximum Gasteiger partial charge on any atom is 0.276 e. The SMILES string of the molecule is O=C1Nc2ccc(Br)cc2/C1=N\n1cnnc1. The van der Waals surface area contributed by atoms with Crippen LogP contribution in [0.2, 0.25) is 0 Å². The third-order valence-corrected chi connectivity index (χ3v) is 2.82. The van der Waals surface area contributed by atoms with E-state index in [2.05, 4.69) is 36.5 Å². The van der Waals surface area contributed by atoms with Crippen molar-refractivity contribution < 1.29 is 4.79 Å². The number of benzene rings is 1. The maximum absolute atomic E-state index is 11.8. The Morgan fingerprint density at radius 1 is 1.29 bits per heavy atom. The molecule has 0 radical (unpaired) electrons. The van der Waals surface area contributed by atoms with Gasteiger partial charge in [-0.05, 0) is 18.2 Å². The monoisotopic (exact) mass is 291 g/mol. The molecule has 0 bridgehead atoms. The number of fused-ring (bicyclic) bond motifs is 1. The Morgan fingerprint density at radius 2 is 2.06 bits per heavy atom. The summed E-state index contributed by atoms with van der Waals surface area (Å²) in [4.78, 5) is 11.8. The van der Waals surface area contributed by atoms with Gasteiger partial charge in [0.1, 0.15) is 12.7 Å². The van der Waals surface area contributed by atoms with Crippen molar-refractivity contribution in [3.05, 3.63) is 40.9 Å². The first-order chi connectivity index (χ1) is 8.24. The molecule has 84 valence electrons. The van der Waals surface area contributed by atoms with E-state index in [1.165, 1.54) is 17.3 Å². The maximum atomic E-state index is 11.8. The molecular formula is C10H6BrN5O. The van der Waals surface area contributed by atoms with Crippen LogP contribution < -0.4 is 5.32 Å². The van der Waals surface area contributed by atoms with Crippen LogP contribution in [0.5, 0.6) is 0 Å². The molecule has 0 saturated heterocycles. The third kappa shape index (κ3) is 1.74. The van der Waals surface area contributed by atoms with Gasteiger partial charge in [-0.3, -0.25) is 4.79 Å². The molecule has 7 heteroatoms. The van der Waals surface area contributed by atoms with E-state index in [0.717, 1.165) is 15.7 Å². The molecule has 1 amide bonds. The van der Waals surface area contributed by atoms with Crippen LogP contribution in [0.1, 0.15) is 5.56 Å². The molecule has 1 aliphatic heterocycles. The Kier molecular flexibility index (Phi) is 2.25. The lowest BCUT2D eigenvalue weighted by molar-refractivity contribution is -0.110. The molecule has 0 atom stereocenters. The average molecular weight is 292 g/mol. The van der Waals surface area contributed by atoms with Gasteiger partial charge in [-0.25, -0.2) is 4.68 Å². The molecule has 1 aliphatic rings. The zero-order valence-corrected chi connectivity index (χ0v) is 10.0. The number of nitrogens with one attached hydrogen (secondary N) is 1.